The normalized spacial score (nSPS) is 12.4. The minimum atomic E-state index is -0.345. The molecule has 0 bridgehead atoms. The zero-order valence-electron chi connectivity index (χ0n) is 10.2. The largest absolute Gasteiger partial charge is 0.324 e. The van der Waals surface area contributed by atoms with E-state index in [1.54, 1.807) is 6.07 Å². The van der Waals surface area contributed by atoms with Gasteiger partial charge in [0.25, 0.3) is 0 Å². The maximum atomic E-state index is 13.8. The molecule has 2 rings (SSSR count). The summed E-state index contributed by atoms with van der Waals surface area (Å²) in [6.07, 6.45) is 0.626. The second kappa shape index (κ2) is 5.63. The van der Waals surface area contributed by atoms with Gasteiger partial charge in [-0.2, -0.15) is 0 Å². The van der Waals surface area contributed by atoms with Gasteiger partial charge >= 0.3 is 0 Å². The Bertz CT molecular complexity index is 534. The van der Waals surface area contributed by atoms with Crippen molar-refractivity contribution in [1.29, 1.82) is 0 Å². The highest BCUT2D eigenvalue weighted by Crippen LogP contribution is 2.27. The summed E-state index contributed by atoms with van der Waals surface area (Å²) in [6, 6.07) is 12.7. The third-order valence-corrected chi connectivity index (χ3v) is 3.60. The van der Waals surface area contributed by atoms with Gasteiger partial charge in [-0.3, -0.25) is 0 Å². The number of benzene rings is 2. The summed E-state index contributed by atoms with van der Waals surface area (Å²) in [5.41, 5.74) is 8.96. The third-order valence-electron chi connectivity index (χ3n) is 2.91. The van der Waals surface area contributed by atoms with E-state index < -0.39 is 0 Å². The van der Waals surface area contributed by atoms with Crippen molar-refractivity contribution in [3.05, 3.63) is 69.4 Å². The van der Waals surface area contributed by atoms with Crippen LogP contribution in [-0.4, -0.2) is 0 Å². The zero-order valence-corrected chi connectivity index (χ0v) is 11.7. The summed E-state index contributed by atoms with van der Waals surface area (Å²) in [4.78, 5) is 0. The first-order chi connectivity index (χ1) is 8.58. The Morgan fingerprint density at radius 1 is 1.22 bits per heavy atom. The van der Waals surface area contributed by atoms with Gasteiger partial charge in [-0.1, -0.05) is 51.8 Å². The van der Waals surface area contributed by atoms with Crippen molar-refractivity contribution in [2.45, 2.75) is 19.4 Å². The molecule has 0 saturated carbocycles. The fourth-order valence-electron chi connectivity index (χ4n) is 2.06. The molecule has 2 aromatic rings. The lowest BCUT2D eigenvalue weighted by atomic mass is 9.98. The molecule has 0 fully saturated rings. The Morgan fingerprint density at radius 2 is 1.94 bits per heavy atom. The Morgan fingerprint density at radius 3 is 2.61 bits per heavy atom. The quantitative estimate of drug-likeness (QED) is 0.906. The van der Waals surface area contributed by atoms with Gasteiger partial charge in [0.15, 0.2) is 0 Å². The van der Waals surface area contributed by atoms with E-state index in [1.165, 1.54) is 11.6 Å². The first-order valence-corrected chi connectivity index (χ1v) is 6.62. The average Bonchev–Trinajstić information content (AvgIpc) is 2.28. The average molecular weight is 308 g/mol. The van der Waals surface area contributed by atoms with E-state index in [0.29, 0.717) is 12.0 Å². The second-order valence-electron chi connectivity index (χ2n) is 4.44. The lowest BCUT2D eigenvalue weighted by Gasteiger charge is -2.15. The molecule has 0 heterocycles. The molecule has 0 amide bonds. The van der Waals surface area contributed by atoms with E-state index in [2.05, 4.69) is 22.0 Å². The molecule has 0 aliphatic carbocycles. The SMILES string of the molecule is Cc1cccc(CC(N)c2c(F)cccc2Br)c1. The molecule has 0 spiro atoms. The van der Waals surface area contributed by atoms with Crippen molar-refractivity contribution >= 4 is 15.9 Å². The van der Waals surface area contributed by atoms with E-state index in [1.807, 2.05) is 31.2 Å². The second-order valence-corrected chi connectivity index (χ2v) is 5.29. The topological polar surface area (TPSA) is 26.0 Å². The summed E-state index contributed by atoms with van der Waals surface area (Å²) in [5, 5.41) is 0. The lowest BCUT2D eigenvalue weighted by Crippen LogP contribution is -2.15. The van der Waals surface area contributed by atoms with Gasteiger partial charge in [0.1, 0.15) is 5.82 Å². The highest BCUT2D eigenvalue weighted by Gasteiger charge is 2.15. The standard InChI is InChI=1S/C15H15BrFN/c1-10-4-2-5-11(8-10)9-14(18)15-12(16)6-3-7-13(15)17/h2-8,14H,9,18H2,1H3. The van der Waals surface area contributed by atoms with Crippen LogP contribution in [0.3, 0.4) is 0 Å². The number of halogens is 2. The number of rotatable bonds is 3. The van der Waals surface area contributed by atoms with E-state index in [-0.39, 0.29) is 11.9 Å². The fourth-order valence-corrected chi connectivity index (χ4v) is 2.70. The molecule has 2 N–H and O–H groups in total. The van der Waals surface area contributed by atoms with Crippen LogP contribution in [0.25, 0.3) is 0 Å². The number of aryl methyl sites for hydroxylation is 1. The molecule has 0 saturated heterocycles. The van der Waals surface area contributed by atoms with Gasteiger partial charge in [-0.25, -0.2) is 4.39 Å². The summed E-state index contributed by atoms with van der Waals surface area (Å²) in [6.45, 7) is 2.04. The van der Waals surface area contributed by atoms with Crippen molar-refractivity contribution < 1.29 is 4.39 Å². The summed E-state index contributed by atoms with van der Waals surface area (Å²) in [7, 11) is 0. The molecular formula is C15H15BrFN. The predicted molar refractivity (Wildman–Crippen MR) is 75.9 cm³/mol. The molecule has 0 radical (unpaired) electrons. The van der Waals surface area contributed by atoms with Crippen molar-refractivity contribution in [2.75, 3.05) is 0 Å². The minimum absolute atomic E-state index is 0.260. The smallest absolute Gasteiger partial charge is 0.129 e. The molecule has 2 aromatic carbocycles. The van der Waals surface area contributed by atoms with Crippen LogP contribution in [0.1, 0.15) is 22.7 Å². The van der Waals surface area contributed by atoms with Gasteiger partial charge < -0.3 is 5.73 Å². The summed E-state index contributed by atoms with van der Waals surface area (Å²) in [5.74, 6) is -0.260. The molecule has 1 unspecified atom stereocenters. The van der Waals surface area contributed by atoms with Gasteiger partial charge in [0.05, 0.1) is 0 Å². The van der Waals surface area contributed by atoms with Crippen LogP contribution >= 0.6 is 15.9 Å². The van der Waals surface area contributed by atoms with Crippen LogP contribution < -0.4 is 5.73 Å². The lowest BCUT2D eigenvalue weighted by molar-refractivity contribution is 0.578. The molecule has 18 heavy (non-hydrogen) atoms. The van der Waals surface area contributed by atoms with Crippen molar-refractivity contribution in [2.24, 2.45) is 5.73 Å². The molecular weight excluding hydrogens is 293 g/mol. The Hall–Kier alpha value is -1.19. The Kier molecular flexibility index (Phi) is 4.15. The van der Waals surface area contributed by atoms with Crippen molar-refractivity contribution in [1.82, 2.24) is 0 Å². The molecule has 3 heteroatoms. The third kappa shape index (κ3) is 2.98. The van der Waals surface area contributed by atoms with Crippen LogP contribution in [-0.2, 0) is 6.42 Å². The maximum absolute atomic E-state index is 13.8. The van der Waals surface area contributed by atoms with E-state index in [4.69, 9.17) is 5.73 Å². The highest BCUT2D eigenvalue weighted by atomic mass is 79.9. The summed E-state index contributed by atoms with van der Waals surface area (Å²) >= 11 is 3.36. The monoisotopic (exact) mass is 307 g/mol. The maximum Gasteiger partial charge on any atom is 0.129 e. The summed E-state index contributed by atoms with van der Waals surface area (Å²) < 4.78 is 14.5. The Balaban J connectivity index is 2.25. The minimum Gasteiger partial charge on any atom is -0.324 e. The van der Waals surface area contributed by atoms with Gasteiger partial charge in [-0.15, -0.1) is 0 Å². The molecule has 0 aromatic heterocycles. The van der Waals surface area contributed by atoms with Crippen molar-refractivity contribution in [3.63, 3.8) is 0 Å². The molecule has 94 valence electrons. The molecule has 0 aliphatic heterocycles. The van der Waals surface area contributed by atoms with Crippen LogP contribution in [0.5, 0.6) is 0 Å². The molecule has 0 aliphatic rings. The van der Waals surface area contributed by atoms with Crippen molar-refractivity contribution in [3.8, 4) is 0 Å². The van der Waals surface area contributed by atoms with Crippen LogP contribution in [0.4, 0.5) is 4.39 Å². The number of hydrogen-bond acceptors (Lipinski definition) is 1. The van der Waals surface area contributed by atoms with Gasteiger partial charge in [0, 0.05) is 16.1 Å². The first-order valence-electron chi connectivity index (χ1n) is 5.83. The first kappa shape index (κ1) is 13.2. The molecule has 1 atom stereocenters. The highest BCUT2D eigenvalue weighted by molar-refractivity contribution is 9.10. The van der Waals surface area contributed by atoms with Gasteiger partial charge in [-0.05, 0) is 31.0 Å². The number of nitrogens with two attached hydrogens (primary N) is 1. The molecule has 1 nitrogen and oxygen atoms in total. The van der Waals surface area contributed by atoms with Crippen LogP contribution in [0.15, 0.2) is 46.9 Å². The predicted octanol–water partition coefficient (Wildman–Crippen LogP) is 4.14. The Labute approximate surface area is 115 Å². The van der Waals surface area contributed by atoms with E-state index in [0.717, 1.165) is 10.0 Å². The van der Waals surface area contributed by atoms with E-state index in [9.17, 15) is 4.39 Å². The number of hydrogen-bond donors (Lipinski definition) is 1. The van der Waals surface area contributed by atoms with Gasteiger partial charge in [0.2, 0.25) is 0 Å². The zero-order chi connectivity index (χ0) is 13.1. The van der Waals surface area contributed by atoms with E-state index >= 15 is 0 Å². The van der Waals surface area contributed by atoms with Crippen LogP contribution in [0, 0.1) is 12.7 Å². The fraction of sp³-hybridized carbons (Fsp3) is 0.200. The van der Waals surface area contributed by atoms with Crippen LogP contribution in [0.2, 0.25) is 0 Å².